The predicted octanol–water partition coefficient (Wildman–Crippen LogP) is 4.34. The van der Waals surface area contributed by atoms with Gasteiger partial charge in [0.1, 0.15) is 22.8 Å². The lowest BCUT2D eigenvalue weighted by molar-refractivity contribution is -0.118. The fourth-order valence-electron chi connectivity index (χ4n) is 3.41. The molecule has 0 unspecified atom stereocenters. The van der Waals surface area contributed by atoms with Crippen molar-refractivity contribution in [3.8, 4) is 11.5 Å². The van der Waals surface area contributed by atoms with Crippen LogP contribution in [0, 0.1) is 0 Å². The molecule has 0 saturated heterocycles. The summed E-state index contributed by atoms with van der Waals surface area (Å²) in [6.45, 7) is -0.0659. The summed E-state index contributed by atoms with van der Waals surface area (Å²) in [5, 5.41) is 3.91. The van der Waals surface area contributed by atoms with E-state index in [-0.39, 0.29) is 12.5 Å². The van der Waals surface area contributed by atoms with Crippen LogP contribution in [0.1, 0.15) is 24.2 Å². The maximum absolute atomic E-state index is 12.2. The first-order chi connectivity index (χ1) is 12.7. The average Bonchev–Trinajstić information content (AvgIpc) is 3.05. The number of para-hydroxylation sites is 2. The number of nitrogens with one attached hydrogen (secondary N) is 1. The lowest BCUT2D eigenvalue weighted by atomic mass is 9.96. The van der Waals surface area contributed by atoms with Crippen LogP contribution in [0.25, 0.3) is 11.0 Å². The molecule has 134 valence electrons. The van der Waals surface area contributed by atoms with E-state index < -0.39 is 0 Å². The van der Waals surface area contributed by atoms with E-state index in [1.54, 1.807) is 19.2 Å². The summed E-state index contributed by atoms with van der Waals surface area (Å²) in [5.41, 5.74) is 2.81. The fourth-order valence-corrected chi connectivity index (χ4v) is 3.41. The number of carbonyl (C=O) groups excluding carboxylic acids is 1. The first-order valence-electron chi connectivity index (χ1n) is 8.84. The fraction of sp³-hybridized carbons (Fsp3) is 0.286. The van der Waals surface area contributed by atoms with Gasteiger partial charge in [0.2, 0.25) is 0 Å². The van der Waals surface area contributed by atoms with E-state index in [0.717, 1.165) is 29.6 Å². The van der Waals surface area contributed by atoms with E-state index in [0.29, 0.717) is 17.2 Å². The van der Waals surface area contributed by atoms with E-state index >= 15 is 0 Å². The molecule has 1 N–H and O–H groups in total. The molecule has 5 heteroatoms. The van der Waals surface area contributed by atoms with E-state index in [2.05, 4.69) is 5.32 Å². The highest BCUT2D eigenvalue weighted by Crippen LogP contribution is 2.34. The van der Waals surface area contributed by atoms with Gasteiger partial charge in [-0.2, -0.15) is 0 Å². The van der Waals surface area contributed by atoms with Crippen LogP contribution in [0.4, 0.5) is 5.69 Å². The Morgan fingerprint density at radius 1 is 1.15 bits per heavy atom. The highest BCUT2D eigenvalue weighted by molar-refractivity contribution is 5.93. The summed E-state index contributed by atoms with van der Waals surface area (Å²) in [6.07, 6.45) is 4.41. The first-order valence-corrected chi connectivity index (χ1v) is 8.84. The third-order valence-electron chi connectivity index (χ3n) is 4.68. The van der Waals surface area contributed by atoms with Crippen molar-refractivity contribution in [1.82, 2.24) is 0 Å². The highest BCUT2D eigenvalue weighted by Gasteiger charge is 2.18. The number of aryl methyl sites for hydroxylation is 2. The lowest BCUT2D eigenvalue weighted by Crippen LogP contribution is -2.20. The first kappa shape index (κ1) is 16.5. The summed E-state index contributed by atoms with van der Waals surface area (Å²) in [4.78, 5) is 12.2. The van der Waals surface area contributed by atoms with E-state index in [1.807, 2.05) is 30.3 Å². The predicted molar refractivity (Wildman–Crippen MR) is 100.0 cm³/mol. The zero-order valence-corrected chi connectivity index (χ0v) is 14.7. The van der Waals surface area contributed by atoms with Crippen LogP contribution in [0.15, 0.2) is 46.9 Å². The summed E-state index contributed by atoms with van der Waals surface area (Å²) < 4.78 is 16.8. The number of hydrogen-bond donors (Lipinski definition) is 1. The molecular formula is C21H21NO4. The number of anilines is 1. The molecule has 0 spiro atoms. The van der Waals surface area contributed by atoms with Crippen molar-refractivity contribution in [3.05, 3.63) is 53.8 Å². The third kappa shape index (κ3) is 3.25. The molecule has 1 amide bonds. The van der Waals surface area contributed by atoms with Crippen molar-refractivity contribution < 1.29 is 18.7 Å². The van der Waals surface area contributed by atoms with Gasteiger partial charge in [0, 0.05) is 17.4 Å². The SMILES string of the molecule is COc1ccccc1NC(=O)COc1ccc2oc3c(c2c1)CCCC3. The van der Waals surface area contributed by atoms with Crippen LogP contribution in [0.5, 0.6) is 11.5 Å². The van der Waals surface area contributed by atoms with Gasteiger partial charge in [-0.1, -0.05) is 12.1 Å². The van der Waals surface area contributed by atoms with Gasteiger partial charge in [-0.15, -0.1) is 0 Å². The van der Waals surface area contributed by atoms with Gasteiger partial charge >= 0.3 is 0 Å². The van der Waals surface area contributed by atoms with Gasteiger partial charge in [-0.05, 0) is 49.6 Å². The monoisotopic (exact) mass is 351 g/mol. The molecule has 2 aromatic carbocycles. The smallest absolute Gasteiger partial charge is 0.262 e. The Balaban J connectivity index is 1.45. The van der Waals surface area contributed by atoms with Crippen molar-refractivity contribution in [1.29, 1.82) is 0 Å². The molecule has 0 bridgehead atoms. The molecule has 0 aliphatic heterocycles. The lowest BCUT2D eigenvalue weighted by Gasteiger charge is -2.11. The van der Waals surface area contributed by atoms with E-state index in [9.17, 15) is 4.79 Å². The van der Waals surface area contributed by atoms with E-state index in [1.165, 1.54) is 18.4 Å². The van der Waals surface area contributed by atoms with E-state index in [4.69, 9.17) is 13.9 Å². The number of benzene rings is 2. The summed E-state index contributed by atoms with van der Waals surface area (Å²) >= 11 is 0. The Hall–Kier alpha value is -2.95. The highest BCUT2D eigenvalue weighted by atomic mass is 16.5. The van der Waals surface area contributed by atoms with Gasteiger partial charge < -0.3 is 19.2 Å². The Kier molecular flexibility index (Phi) is 4.52. The second kappa shape index (κ2) is 7.12. The van der Waals surface area contributed by atoms with Crippen LogP contribution in [0.3, 0.4) is 0 Å². The number of fused-ring (bicyclic) bond motifs is 3. The van der Waals surface area contributed by atoms with Crippen LogP contribution < -0.4 is 14.8 Å². The second-order valence-electron chi connectivity index (χ2n) is 6.41. The molecule has 4 rings (SSSR count). The minimum atomic E-state index is -0.233. The number of amides is 1. The van der Waals surface area contributed by atoms with Crippen LogP contribution >= 0.6 is 0 Å². The zero-order chi connectivity index (χ0) is 17.9. The molecule has 0 radical (unpaired) electrons. The molecule has 1 aromatic heterocycles. The number of methoxy groups -OCH3 is 1. The summed E-state index contributed by atoms with van der Waals surface area (Å²) in [7, 11) is 1.57. The second-order valence-corrected chi connectivity index (χ2v) is 6.41. The molecular weight excluding hydrogens is 330 g/mol. The van der Waals surface area contributed by atoms with Gasteiger partial charge in [-0.3, -0.25) is 4.79 Å². The zero-order valence-electron chi connectivity index (χ0n) is 14.7. The van der Waals surface area contributed by atoms with Crippen molar-refractivity contribution in [2.75, 3.05) is 19.0 Å². The van der Waals surface area contributed by atoms with Crippen LogP contribution in [-0.2, 0) is 17.6 Å². The molecule has 1 aliphatic carbocycles. The van der Waals surface area contributed by atoms with Crippen molar-refractivity contribution in [2.24, 2.45) is 0 Å². The maximum atomic E-state index is 12.2. The van der Waals surface area contributed by atoms with Gasteiger partial charge in [-0.25, -0.2) is 0 Å². The minimum Gasteiger partial charge on any atom is -0.495 e. The number of rotatable bonds is 5. The van der Waals surface area contributed by atoms with Crippen LogP contribution in [-0.4, -0.2) is 19.6 Å². The average molecular weight is 351 g/mol. The minimum absolute atomic E-state index is 0.0659. The number of furan rings is 1. The van der Waals surface area contributed by atoms with Crippen molar-refractivity contribution >= 4 is 22.6 Å². The molecule has 1 aliphatic rings. The molecule has 26 heavy (non-hydrogen) atoms. The molecule has 5 nitrogen and oxygen atoms in total. The van der Waals surface area contributed by atoms with Gasteiger partial charge in [0.05, 0.1) is 12.8 Å². The molecule has 1 heterocycles. The Labute approximate surface area is 151 Å². The van der Waals surface area contributed by atoms with Gasteiger partial charge in [0.25, 0.3) is 5.91 Å². The number of ether oxygens (including phenoxy) is 2. The molecule has 3 aromatic rings. The Bertz CT molecular complexity index is 944. The van der Waals surface area contributed by atoms with Crippen LogP contribution in [0.2, 0.25) is 0 Å². The number of carbonyl (C=O) groups is 1. The third-order valence-corrected chi connectivity index (χ3v) is 4.68. The topological polar surface area (TPSA) is 60.7 Å². The normalized spacial score (nSPS) is 13.3. The molecule has 0 fully saturated rings. The molecule has 0 saturated carbocycles. The van der Waals surface area contributed by atoms with Gasteiger partial charge in [0.15, 0.2) is 6.61 Å². The number of hydrogen-bond acceptors (Lipinski definition) is 4. The largest absolute Gasteiger partial charge is 0.495 e. The Morgan fingerprint density at radius 3 is 2.88 bits per heavy atom. The molecule has 0 atom stereocenters. The Morgan fingerprint density at radius 2 is 2.00 bits per heavy atom. The quantitative estimate of drug-likeness (QED) is 0.743. The summed E-state index contributed by atoms with van der Waals surface area (Å²) in [5.74, 6) is 2.15. The van der Waals surface area contributed by atoms with Crippen molar-refractivity contribution in [3.63, 3.8) is 0 Å². The standard InChI is InChI=1S/C21H21NO4/c1-24-20-9-5-3-7-17(20)22-21(23)13-25-14-10-11-19-16(12-14)15-6-2-4-8-18(15)26-19/h3,5,7,9-12H,2,4,6,8,13H2,1H3,(H,22,23). The summed E-state index contributed by atoms with van der Waals surface area (Å²) in [6, 6.07) is 13.0. The maximum Gasteiger partial charge on any atom is 0.262 e. The van der Waals surface area contributed by atoms with Crippen molar-refractivity contribution in [2.45, 2.75) is 25.7 Å².